The molecular weight excluding hydrogens is 296 g/mol. The summed E-state index contributed by atoms with van der Waals surface area (Å²) in [6.45, 7) is 8.27. The molecule has 0 aromatic carbocycles. The molecule has 0 spiro atoms. The Kier molecular flexibility index (Phi) is 5.40. The molecule has 2 rings (SSSR count). The third-order valence-corrected chi connectivity index (χ3v) is 5.49. The van der Waals surface area contributed by atoms with Crippen molar-refractivity contribution >= 4 is 23.1 Å². The quantitative estimate of drug-likeness (QED) is 0.294. The maximum absolute atomic E-state index is 12.5. The Bertz CT molecular complexity index is 565. The minimum absolute atomic E-state index is 0.280. The van der Waals surface area contributed by atoms with Crippen LogP contribution in [-0.2, 0) is 16.1 Å². The third-order valence-electron chi connectivity index (χ3n) is 4.61. The van der Waals surface area contributed by atoms with Crippen LogP contribution in [0.1, 0.15) is 44.4 Å². The average Bonchev–Trinajstić information content (AvgIpc) is 3.00. The van der Waals surface area contributed by atoms with Gasteiger partial charge in [-0.15, -0.1) is 11.3 Å². The van der Waals surface area contributed by atoms with Crippen LogP contribution in [0.4, 0.5) is 0 Å². The van der Waals surface area contributed by atoms with Gasteiger partial charge in [-0.2, -0.15) is 0 Å². The number of oxime groups is 1. The number of thiophene rings is 1. The fourth-order valence-electron chi connectivity index (χ4n) is 2.84. The van der Waals surface area contributed by atoms with E-state index in [-0.39, 0.29) is 5.97 Å². The van der Waals surface area contributed by atoms with Gasteiger partial charge >= 0.3 is 5.97 Å². The van der Waals surface area contributed by atoms with Crippen LogP contribution in [0.5, 0.6) is 0 Å². The van der Waals surface area contributed by atoms with Gasteiger partial charge < -0.3 is 10.6 Å². The molecule has 1 aromatic heterocycles. The predicted octanol–water partition coefficient (Wildman–Crippen LogP) is 3.88. The van der Waals surface area contributed by atoms with E-state index in [0.717, 1.165) is 29.7 Å². The van der Waals surface area contributed by atoms with Crippen molar-refractivity contribution in [1.82, 2.24) is 0 Å². The topological polar surface area (TPSA) is 64.7 Å². The molecule has 4 nitrogen and oxygen atoms in total. The predicted molar refractivity (Wildman–Crippen MR) is 90.6 cm³/mol. The highest BCUT2D eigenvalue weighted by Crippen LogP contribution is 2.44. The van der Waals surface area contributed by atoms with Gasteiger partial charge in [0.2, 0.25) is 0 Å². The Hall–Kier alpha value is -1.62. The summed E-state index contributed by atoms with van der Waals surface area (Å²) in [5, 5.41) is 5.81. The van der Waals surface area contributed by atoms with Crippen LogP contribution in [0.25, 0.3) is 0 Å². The van der Waals surface area contributed by atoms with E-state index in [9.17, 15) is 4.79 Å². The molecule has 0 radical (unpaired) electrons. The lowest BCUT2D eigenvalue weighted by molar-refractivity contribution is -0.157. The second-order valence-electron chi connectivity index (χ2n) is 6.13. The van der Waals surface area contributed by atoms with Gasteiger partial charge in [0.15, 0.2) is 0 Å². The number of hydrogen-bond acceptors (Lipinski definition) is 4. The van der Waals surface area contributed by atoms with Gasteiger partial charge in [-0.05, 0) is 43.0 Å². The van der Waals surface area contributed by atoms with E-state index in [1.807, 2.05) is 24.4 Å². The number of carbonyl (C=O) groups excluding carboxylic acids is 1. The number of nitrogens with two attached hydrogens (primary N) is 1. The normalized spacial score (nSPS) is 26.0. The van der Waals surface area contributed by atoms with Gasteiger partial charge in [-0.3, -0.25) is 0 Å². The molecular formula is C17H24N2O2S. The van der Waals surface area contributed by atoms with E-state index in [1.165, 1.54) is 0 Å². The maximum atomic E-state index is 12.5. The summed E-state index contributed by atoms with van der Waals surface area (Å²) in [5.41, 5.74) is 6.47. The van der Waals surface area contributed by atoms with Crippen LogP contribution in [0.3, 0.4) is 0 Å². The largest absolute Gasteiger partial charge is 0.384 e. The molecule has 22 heavy (non-hydrogen) atoms. The minimum Gasteiger partial charge on any atom is -0.384 e. The van der Waals surface area contributed by atoms with Gasteiger partial charge in [-0.25, -0.2) is 4.79 Å². The fourth-order valence-corrected chi connectivity index (χ4v) is 3.56. The minimum atomic E-state index is -0.490. The summed E-state index contributed by atoms with van der Waals surface area (Å²) < 4.78 is 0. The third kappa shape index (κ3) is 3.77. The molecule has 2 N–H and O–H groups in total. The van der Waals surface area contributed by atoms with E-state index >= 15 is 0 Å². The molecule has 1 heterocycles. The Balaban J connectivity index is 1.99. The summed E-state index contributed by atoms with van der Waals surface area (Å²) in [6.07, 6.45) is 3.72. The Labute approximate surface area is 136 Å². The van der Waals surface area contributed by atoms with Gasteiger partial charge in [0.05, 0.1) is 5.41 Å². The monoisotopic (exact) mass is 320 g/mol. The van der Waals surface area contributed by atoms with Crippen LogP contribution in [0.2, 0.25) is 0 Å². The highest BCUT2D eigenvalue weighted by Gasteiger charge is 2.42. The second-order valence-corrected chi connectivity index (χ2v) is 7.16. The summed E-state index contributed by atoms with van der Waals surface area (Å²) in [4.78, 5) is 18.7. The Morgan fingerprint density at radius 1 is 1.64 bits per heavy atom. The molecule has 120 valence electrons. The zero-order valence-electron chi connectivity index (χ0n) is 13.3. The zero-order chi connectivity index (χ0) is 16.2. The number of rotatable bonds is 5. The standard InChI is InChI=1S/C17H24N2O2S/c1-4-17(8-7-12(2)13(3)11-17)16(20)21-19-15(18)10-14-6-5-9-22-14/h5-6,9,12H,3-4,7-8,10-11H2,1-2H3,(H2,18,19). The number of hydrogen-bond donors (Lipinski definition) is 1. The molecule has 0 saturated heterocycles. The first-order valence-electron chi connectivity index (χ1n) is 7.70. The molecule has 0 bridgehead atoms. The van der Waals surface area contributed by atoms with Crippen LogP contribution in [0.15, 0.2) is 34.8 Å². The molecule has 0 aliphatic heterocycles. The van der Waals surface area contributed by atoms with Crippen molar-refractivity contribution < 1.29 is 9.63 Å². The Morgan fingerprint density at radius 3 is 3.00 bits per heavy atom. The lowest BCUT2D eigenvalue weighted by atomic mass is 9.67. The van der Waals surface area contributed by atoms with Crippen molar-refractivity contribution in [3.63, 3.8) is 0 Å². The molecule has 1 aliphatic rings. The summed E-state index contributed by atoms with van der Waals surface area (Å²) in [6, 6.07) is 3.94. The SMILES string of the molecule is C=C1CC(CC)(C(=O)O/N=C(\N)Cc2cccs2)CCC1C. The maximum Gasteiger partial charge on any atom is 0.341 e. The van der Waals surface area contributed by atoms with Crippen molar-refractivity contribution in [2.24, 2.45) is 22.2 Å². The highest BCUT2D eigenvalue weighted by molar-refractivity contribution is 7.10. The Morgan fingerprint density at radius 2 is 2.41 bits per heavy atom. The van der Waals surface area contributed by atoms with Crippen molar-refractivity contribution in [3.05, 3.63) is 34.5 Å². The number of nitrogens with zero attached hydrogens (tertiary/aromatic N) is 1. The van der Waals surface area contributed by atoms with E-state index in [1.54, 1.807) is 11.3 Å². The summed E-state index contributed by atoms with van der Waals surface area (Å²) >= 11 is 1.60. The highest BCUT2D eigenvalue weighted by atomic mass is 32.1. The molecule has 1 fully saturated rings. The number of allylic oxidation sites excluding steroid dienone is 1. The van der Waals surface area contributed by atoms with Crippen molar-refractivity contribution in [3.8, 4) is 0 Å². The first-order chi connectivity index (χ1) is 10.5. The van der Waals surface area contributed by atoms with Gasteiger partial charge in [-0.1, -0.05) is 37.2 Å². The first kappa shape index (κ1) is 16.7. The zero-order valence-corrected chi connectivity index (χ0v) is 14.1. The number of amidine groups is 1. The van der Waals surface area contributed by atoms with Gasteiger partial charge in [0.25, 0.3) is 0 Å². The van der Waals surface area contributed by atoms with Crippen LogP contribution < -0.4 is 5.73 Å². The van der Waals surface area contributed by atoms with Crippen LogP contribution in [-0.4, -0.2) is 11.8 Å². The number of carbonyl (C=O) groups is 1. The van der Waals surface area contributed by atoms with Gasteiger partial charge in [0, 0.05) is 11.3 Å². The fraction of sp³-hybridized carbons (Fsp3) is 0.529. The van der Waals surface area contributed by atoms with E-state index in [0.29, 0.717) is 24.6 Å². The second kappa shape index (κ2) is 7.09. The van der Waals surface area contributed by atoms with Crippen molar-refractivity contribution in [1.29, 1.82) is 0 Å². The smallest absolute Gasteiger partial charge is 0.341 e. The van der Waals surface area contributed by atoms with Crippen molar-refractivity contribution in [2.45, 2.75) is 46.0 Å². The average molecular weight is 320 g/mol. The van der Waals surface area contributed by atoms with Crippen LogP contribution >= 0.6 is 11.3 Å². The summed E-state index contributed by atoms with van der Waals surface area (Å²) in [7, 11) is 0. The van der Waals surface area contributed by atoms with Gasteiger partial charge in [0.1, 0.15) is 5.84 Å². The summed E-state index contributed by atoms with van der Waals surface area (Å²) in [5.74, 6) is 0.516. The molecule has 0 amide bonds. The van der Waals surface area contributed by atoms with E-state index < -0.39 is 5.41 Å². The molecule has 1 saturated carbocycles. The molecule has 1 aliphatic carbocycles. The van der Waals surface area contributed by atoms with Crippen molar-refractivity contribution in [2.75, 3.05) is 0 Å². The lowest BCUT2D eigenvalue weighted by Crippen LogP contribution is -2.36. The first-order valence-corrected chi connectivity index (χ1v) is 8.58. The van der Waals surface area contributed by atoms with E-state index in [2.05, 4.69) is 18.7 Å². The van der Waals surface area contributed by atoms with E-state index in [4.69, 9.17) is 10.6 Å². The molecule has 2 unspecified atom stereocenters. The molecule has 1 aromatic rings. The lowest BCUT2D eigenvalue weighted by Gasteiger charge is -2.37. The molecule has 5 heteroatoms. The van der Waals surface area contributed by atoms with Crippen LogP contribution in [0, 0.1) is 11.3 Å². The molecule has 2 atom stereocenters.